The molecule has 1 aromatic carbocycles. The van der Waals surface area contributed by atoms with E-state index in [1.165, 1.54) is 23.6 Å². The van der Waals surface area contributed by atoms with Gasteiger partial charge in [0.05, 0.1) is 6.21 Å². The highest BCUT2D eigenvalue weighted by Gasteiger charge is 2.10. The standard InChI is InChI=1S/C10H7BrF2N4S/c11-6-1-2-7(12)9(13)5(6)3-15-17-10-16-8(14)4-18-10/h1-4H,14H2,(H,16,17). The van der Waals surface area contributed by atoms with Gasteiger partial charge in [0.25, 0.3) is 0 Å². The Bertz CT molecular complexity index is 600. The zero-order valence-corrected chi connectivity index (χ0v) is 11.2. The van der Waals surface area contributed by atoms with Crippen LogP contribution in [0.15, 0.2) is 27.1 Å². The zero-order valence-electron chi connectivity index (χ0n) is 8.82. The Morgan fingerprint density at radius 3 is 2.89 bits per heavy atom. The molecule has 2 aromatic rings. The molecule has 0 aliphatic heterocycles. The number of nitrogens with zero attached hydrogens (tertiary/aromatic N) is 2. The molecule has 0 fully saturated rings. The van der Waals surface area contributed by atoms with Gasteiger partial charge in [-0.15, -0.1) is 11.3 Å². The highest BCUT2D eigenvalue weighted by molar-refractivity contribution is 9.10. The molecule has 0 saturated heterocycles. The quantitative estimate of drug-likeness (QED) is 0.515. The maximum absolute atomic E-state index is 13.4. The van der Waals surface area contributed by atoms with Crippen LogP contribution in [0.3, 0.4) is 0 Å². The maximum Gasteiger partial charge on any atom is 0.205 e. The van der Waals surface area contributed by atoms with E-state index in [-0.39, 0.29) is 5.56 Å². The van der Waals surface area contributed by atoms with Gasteiger partial charge in [0.2, 0.25) is 5.13 Å². The van der Waals surface area contributed by atoms with Crippen LogP contribution in [0.1, 0.15) is 5.56 Å². The van der Waals surface area contributed by atoms with Gasteiger partial charge in [-0.1, -0.05) is 15.9 Å². The summed E-state index contributed by atoms with van der Waals surface area (Å²) in [6.45, 7) is 0. The molecule has 4 nitrogen and oxygen atoms in total. The summed E-state index contributed by atoms with van der Waals surface area (Å²) in [5.41, 5.74) is 8.02. The van der Waals surface area contributed by atoms with E-state index >= 15 is 0 Å². The van der Waals surface area contributed by atoms with Crippen molar-refractivity contribution in [3.63, 3.8) is 0 Å². The number of thiazole rings is 1. The van der Waals surface area contributed by atoms with Crippen LogP contribution in [0.2, 0.25) is 0 Å². The summed E-state index contributed by atoms with van der Waals surface area (Å²) in [6, 6.07) is 2.44. The number of aromatic nitrogens is 1. The largest absolute Gasteiger partial charge is 0.383 e. The number of hydrazone groups is 1. The fraction of sp³-hybridized carbons (Fsp3) is 0. The number of nitrogens with two attached hydrogens (primary N) is 1. The summed E-state index contributed by atoms with van der Waals surface area (Å²) in [5, 5.41) is 5.87. The lowest BCUT2D eigenvalue weighted by Gasteiger charge is -2.01. The molecular formula is C10H7BrF2N4S. The van der Waals surface area contributed by atoms with E-state index in [2.05, 4.69) is 31.4 Å². The van der Waals surface area contributed by atoms with Crippen molar-refractivity contribution in [2.75, 3.05) is 11.2 Å². The molecule has 8 heteroatoms. The van der Waals surface area contributed by atoms with E-state index in [1.807, 2.05) is 0 Å². The molecule has 3 N–H and O–H groups in total. The van der Waals surface area contributed by atoms with Gasteiger partial charge in [-0.3, -0.25) is 5.43 Å². The molecule has 18 heavy (non-hydrogen) atoms. The molecule has 1 aromatic heterocycles. The van der Waals surface area contributed by atoms with Gasteiger partial charge in [-0.2, -0.15) is 5.10 Å². The summed E-state index contributed by atoms with van der Waals surface area (Å²) in [5.74, 6) is -1.53. The van der Waals surface area contributed by atoms with E-state index < -0.39 is 11.6 Å². The summed E-state index contributed by atoms with van der Waals surface area (Å²) in [4.78, 5) is 3.90. The monoisotopic (exact) mass is 332 g/mol. The van der Waals surface area contributed by atoms with E-state index in [0.717, 1.165) is 6.07 Å². The molecule has 0 aliphatic rings. The van der Waals surface area contributed by atoms with Crippen molar-refractivity contribution >= 4 is 44.4 Å². The number of nitrogens with one attached hydrogen (secondary N) is 1. The van der Waals surface area contributed by atoms with Crippen LogP contribution in [-0.4, -0.2) is 11.2 Å². The molecule has 0 aliphatic carbocycles. The average Bonchev–Trinajstić information content (AvgIpc) is 2.74. The Labute approximate surface area is 114 Å². The molecule has 0 bridgehead atoms. The number of hydrogen-bond acceptors (Lipinski definition) is 5. The lowest BCUT2D eigenvalue weighted by molar-refractivity contribution is 0.507. The summed E-state index contributed by atoms with van der Waals surface area (Å²) in [6.07, 6.45) is 1.17. The van der Waals surface area contributed by atoms with Crippen molar-refractivity contribution in [3.8, 4) is 0 Å². The van der Waals surface area contributed by atoms with E-state index in [9.17, 15) is 8.78 Å². The smallest absolute Gasteiger partial charge is 0.205 e. The van der Waals surface area contributed by atoms with Crippen molar-refractivity contribution < 1.29 is 8.78 Å². The van der Waals surface area contributed by atoms with E-state index in [0.29, 0.717) is 15.4 Å². The Morgan fingerprint density at radius 2 is 2.22 bits per heavy atom. The Kier molecular flexibility index (Phi) is 3.87. The second-order valence-electron chi connectivity index (χ2n) is 3.20. The summed E-state index contributed by atoms with van der Waals surface area (Å²) >= 11 is 4.37. The Hall–Kier alpha value is -1.54. The van der Waals surface area contributed by atoms with Crippen LogP contribution in [-0.2, 0) is 0 Å². The van der Waals surface area contributed by atoms with Gasteiger partial charge in [0.1, 0.15) is 5.82 Å². The third-order valence-corrected chi connectivity index (χ3v) is 3.41. The van der Waals surface area contributed by atoms with Crippen LogP contribution in [0.5, 0.6) is 0 Å². The highest BCUT2D eigenvalue weighted by Crippen LogP contribution is 2.21. The number of rotatable bonds is 3. The molecule has 1 heterocycles. The predicted octanol–water partition coefficient (Wildman–Crippen LogP) is 3.21. The first-order valence-corrected chi connectivity index (χ1v) is 6.39. The zero-order chi connectivity index (χ0) is 13.1. The summed E-state index contributed by atoms with van der Waals surface area (Å²) < 4.78 is 26.9. The van der Waals surface area contributed by atoms with Crippen LogP contribution in [0, 0.1) is 11.6 Å². The second-order valence-corrected chi connectivity index (χ2v) is 4.92. The molecule has 94 valence electrons. The molecule has 0 radical (unpaired) electrons. The molecule has 0 amide bonds. The minimum Gasteiger partial charge on any atom is -0.383 e. The minimum atomic E-state index is -0.964. The van der Waals surface area contributed by atoms with E-state index in [1.54, 1.807) is 5.38 Å². The SMILES string of the molecule is Nc1csc(NN=Cc2c(Br)ccc(F)c2F)n1. The lowest BCUT2D eigenvalue weighted by atomic mass is 10.2. The van der Waals surface area contributed by atoms with Gasteiger partial charge in [0.15, 0.2) is 11.6 Å². The molecule has 0 unspecified atom stereocenters. The Morgan fingerprint density at radius 1 is 1.44 bits per heavy atom. The Balaban J connectivity index is 2.16. The normalized spacial score (nSPS) is 11.1. The first-order valence-electron chi connectivity index (χ1n) is 4.71. The van der Waals surface area contributed by atoms with Crippen molar-refractivity contribution in [2.24, 2.45) is 5.10 Å². The van der Waals surface area contributed by atoms with Gasteiger partial charge in [0, 0.05) is 15.4 Å². The molecule has 0 atom stereocenters. The third-order valence-electron chi connectivity index (χ3n) is 1.96. The predicted molar refractivity (Wildman–Crippen MR) is 71.8 cm³/mol. The maximum atomic E-state index is 13.4. The van der Waals surface area contributed by atoms with Crippen LogP contribution < -0.4 is 11.2 Å². The fourth-order valence-corrected chi connectivity index (χ4v) is 2.11. The van der Waals surface area contributed by atoms with Crippen LogP contribution in [0.4, 0.5) is 19.7 Å². The van der Waals surface area contributed by atoms with Gasteiger partial charge < -0.3 is 5.73 Å². The first kappa shape index (κ1) is 12.9. The third kappa shape index (κ3) is 2.82. The van der Waals surface area contributed by atoms with Crippen molar-refractivity contribution in [1.29, 1.82) is 0 Å². The molecule has 0 spiro atoms. The van der Waals surface area contributed by atoms with Gasteiger partial charge >= 0.3 is 0 Å². The molecule has 2 rings (SSSR count). The highest BCUT2D eigenvalue weighted by atomic mass is 79.9. The van der Waals surface area contributed by atoms with Gasteiger partial charge in [-0.05, 0) is 12.1 Å². The van der Waals surface area contributed by atoms with Crippen LogP contribution in [0.25, 0.3) is 0 Å². The van der Waals surface area contributed by atoms with Crippen molar-refractivity contribution in [1.82, 2.24) is 4.98 Å². The second kappa shape index (κ2) is 5.40. The number of halogens is 3. The minimum absolute atomic E-state index is 0.0204. The molecule has 0 saturated carbocycles. The van der Waals surface area contributed by atoms with Crippen molar-refractivity contribution in [2.45, 2.75) is 0 Å². The number of hydrogen-bond donors (Lipinski definition) is 2. The summed E-state index contributed by atoms with van der Waals surface area (Å²) in [7, 11) is 0. The number of nitrogen functional groups attached to an aromatic ring is 1. The topological polar surface area (TPSA) is 63.3 Å². The number of anilines is 2. The number of benzene rings is 1. The van der Waals surface area contributed by atoms with Gasteiger partial charge in [-0.25, -0.2) is 13.8 Å². The molecular weight excluding hydrogens is 326 g/mol. The fourth-order valence-electron chi connectivity index (χ4n) is 1.15. The first-order chi connectivity index (χ1) is 8.58. The van der Waals surface area contributed by atoms with Crippen LogP contribution >= 0.6 is 27.3 Å². The lowest BCUT2D eigenvalue weighted by Crippen LogP contribution is -1.97. The van der Waals surface area contributed by atoms with Crippen molar-refractivity contribution in [3.05, 3.63) is 39.2 Å². The average molecular weight is 333 g/mol. The van der Waals surface area contributed by atoms with E-state index in [4.69, 9.17) is 5.73 Å².